The molecule has 112 valence electrons. The van der Waals surface area contributed by atoms with Gasteiger partial charge in [0.1, 0.15) is 0 Å². The van der Waals surface area contributed by atoms with Gasteiger partial charge in [0.15, 0.2) is 0 Å². The number of rotatable bonds is 6. The molecule has 0 bridgehead atoms. The lowest BCUT2D eigenvalue weighted by Crippen LogP contribution is -2.36. The molecular weight excluding hydrogens is 284 g/mol. The van der Waals surface area contributed by atoms with Crippen molar-refractivity contribution >= 4 is 17.2 Å². The highest BCUT2D eigenvalue weighted by Gasteiger charge is 2.13. The highest BCUT2D eigenvalue weighted by Crippen LogP contribution is 2.15. The second-order valence-electron chi connectivity index (χ2n) is 5.11. The zero-order valence-corrected chi connectivity index (χ0v) is 13.4. The Kier molecular flexibility index (Phi) is 5.41. The Morgan fingerprint density at radius 1 is 1.43 bits per heavy atom. The normalized spacial score (nSPS) is 12.4. The summed E-state index contributed by atoms with van der Waals surface area (Å²) in [5, 5.41) is 5.98. The van der Waals surface area contributed by atoms with Gasteiger partial charge >= 0.3 is 0 Å². The summed E-state index contributed by atoms with van der Waals surface area (Å²) < 4.78 is 0. The minimum Gasteiger partial charge on any atom is -0.347 e. The number of carbonyl (C=O) groups is 1. The summed E-state index contributed by atoms with van der Waals surface area (Å²) >= 11 is 1.60. The molecule has 21 heavy (non-hydrogen) atoms. The Morgan fingerprint density at radius 3 is 2.76 bits per heavy atom. The highest BCUT2D eigenvalue weighted by atomic mass is 32.1. The fraction of sp³-hybridized carbons (Fsp3) is 0.400. The molecule has 1 amide bonds. The second-order valence-corrected chi connectivity index (χ2v) is 6.17. The van der Waals surface area contributed by atoms with E-state index in [9.17, 15) is 4.79 Å². The van der Waals surface area contributed by atoms with Crippen LogP contribution in [0.2, 0.25) is 0 Å². The van der Waals surface area contributed by atoms with Gasteiger partial charge in [-0.3, -0.25) is 14.7 Å². The standard InChI is InChI=1S/C15H20N4OS/c1-11(14-10-21-12(2)18-14)17-15(20)9-19(3)8-13-4-6-16-7-5-13/h4-7,10-11H,8-9H2,1-3H3,(H,17,20). The van der Waals surface area contributed by atoms with Crippen molar-refractivity contribution in [1.29, 1.82) is 0 Å². The molecule has 6 heteroatoms. The lowest BCUT2D eigenvalue weighted by molar-refractivity contribution is -0.122. The van der Waals surface area contributed by atoms with Crippen molar-refractivity contribution in [2.24, 2.45) is 0 Å². The molecule has 5 nitrogen and oxygen atoms in total. The molecule has 2 heterocycles. The predicted octanol–water partition coefficient (Wildman–Crippen LogP) is 2.16. The van der Waals surface area contributed by atoms with E-state index in [0.29, 0.717) is 6.54 Å². The van der Waals surface area contributed by atoms with Crippen LogP contribution in [0.3, 0.4) is 0 Å². The van der Waals surface area contributed by atoms with E-state index in [1.165, 1.54) is 0 Å². The maximum atomic E-state index is 12.0. The third-order valence-corrected chi connectivity index (χ3v) is 3.87. The Balaban J connectivity index is 1.81. The van der Waals surface area contributed by atoms with Crippen LogP contribution in [-0.4, -0.2) is 34.4 Å². The lowest BCUT2D eigenvalue weighted by Gasteiger charge is -2.18. The van der Waals surface area contributed by atoms with Gasteiger partial charge in [0.2, 0.25) is 5.91 Å². The Hall–Kier alpha value is -1.79. The summed E-state index contributed by atoms with van der Waals surface area (Å²) in [5.74, 6) is 0.00436. The van der Waals surface area contributed by atoms with E-state index in [-0.39, 0.29) is 11.9 Å². The number of carbonyl (C=O) groups excluding carboxylic acids is 1. The topological polar surface area (TPSA) is 58.1 Å². The number of thiazole rings is 1. The summed E-state index contributed by atoms with van der Waals surface area (Å²) in [6.07, 6.45) is 3.52. The van der Waals surface area contributed by atoms with Crippen molar-refractivity contribution in [3.05, 3.63) is 46.2 Å². The van der Waals surface area contributed by atoms with E-state index in [1.807, 2.05) is 43.3 Å². The molecule has 1 unspecified atom stereocenters. The Labute approximate surface area is 129 Å². The number of aryl methyl sites for hydroxylation is 1. The van der Waals surface area contributed by atoms with Crippen molar-refractivity contribution < 1.29 is 4.79 Å². The van der Waals surface area contributed by atoms with Gasteiger partial charge in [-0.15, -0.1) is 11.3 Å². The van der Waals surface area contributed by atoms with E-state index in [0.717, 1.165) is 22.8 Å². The molecule has 0 spiro atoms. The first kappa shape index (κ1) is 15.6. The first-order valence-corrected chi connectivity index (χ1v) is 7.71. The summed E-state index contributed by atoms with van der Waals surface area (Å²) in [5.41, 5.74) is 2.06. The average Bonchev–Trinajstić information content (AvgIpc) is 2.86. The van der Waals surface area contributed by atoms with Gasteiger partial charge in [0.25, 0.3) is 0 Å². The quantitative estimate of drug-likeness (QED) is 0.888. The first-order valence-electron chi connectivity index (χ1n) is 6.83. The SMILES string of the molecule is Cc1nc(C(C)NC(=O)CN(C)Cc2ccncc2)cs1. The van der Waals surface area contributed by atoms with E-state index >= 15 is 0 Å². The van der Waals surface area contributed by atoms with Crippen LogP contribution in [-0.2, 0) is 11.3 Å². The summed E-state index contributed by atoms with van der Waals surface area (Å²) in [4.78, 5) is 22.4. The minimum absolute atomic E-state index is 0.00436. The number of nitrogens with zero attached hydrogens (tertiary/aromatic N) is 3. The number of hydrogen-bond donors (Lipinski definition) is 1. The van der Waals surface area contributed by atoms with Crippen LogP contribution in [0.1, 0.15) is 29.2 Å². The fourth-order valence-corrected chi connectivity index (χ4v) is 2.75. The van der Waals surface area contributed by atoms with E-state index < -0.39 is 0 Å². The van der Waals surface area contributed by atoms with Crippen LogP contribution in [0.25, 0.3) is 0 Å². The van der Waals surface area contributed by atoms with Crippen molar-refractivity contribution in [2.75, 3.05) is 13.6 Å². The zero-order chi connectivity index (χ0) is 15.2. The number of hydrogen-bond acceptors (Lipinski definition) is 5. The van der Waals surface area contributed by atoms with E-state index in [4.69, 9.17) is 0 Å². The zero-order valence-electron chi connectivity index (χ0n) is 12.5. The maximum Gasteiger partial charge on any atom is 0.234 e. The van der Waals surface area contributed by atoms with Crippen LogP contribution in [0.15, 0.2) is 29.9 Å². The van der Waals surface area contributed by atoms with Crippen LogP contribution >= 0.6 is 11.3 Å². The molecule has 1 N–H and O–H groups in total. The second kappa shape index (κ2) is 7.28. The molecule has 2 aromatic heterocycles. The molecule has 0 fully saturated rings. The molecule has 1 atom stereocenters. The predicted molar refractivity (Wildman–Crippen MR) is 84.0 cm³/mol. The number of amides is 1. The molecular formula is C15H20N4OS. The van der Waals surface area contributed by atoms with Gasteiger partial charge in [-0.1, -0.05) is 0 Å². The molecule has 0 aromatic carbocycles. The molecule has 2 rings (SSSR count). The number of aromatic nitrogens is 2. The van der Waals surface area contributed by atoms with Crippen molar-refractivity contribution in [3.63, 3.8) is 0 Å². The summed E-state index contributed by atoms with van der Waals surface area (Å²) in [6, 6.07) is 3.85. The van der Waals surface area contributed by atoms with Gasteiger partial charge in [0.05, 0.1) is 23.3 Å². The first-order chi connectivity index (χ1) is 10.0. The molecule has 0 aliphatic carbocycles. The molecule has 0 saturated heterocycles. The van der Waals surface area contributed by atoms with Gasteiger partial charge in [-0.25, -0.2) is 4.98 Å². The highest BCUT2D eigenvalue weighted by molar-refractivity contribution is 7.09. The average molecular weight is 304 g/mol. The molecule has 0 aliphatic rings. The maximum absolute atomic E-state index is 12.0. The third kappa shape index (κ3) is 4.91. The van der Waals surface area contributed by atoms with Crippen molar-refractivity contribution in [2.45, 2.75) is 26.4 Å². The van der Waals surface area contributed by atoms with Gasteiger partial charge in [-0.2, -0.15) is 0 Å². The van der Waals surface area contributed by atoms with E-state index in [1.54, 1.807) is 23.7 Å². The Bertz CT molecular complexity index is 584. The monoisotopic (exact) mass is 304 g/mol. The number of nitrogens with one attached hydrogen (secondary N) is 1. The Morgan fingerprint density at radius 2 is 2.14 bits per heavy atom. The van der Waals surface area contributed by atoms with Crippen molar-refractivity contribution in [1.82, 2.24) is 20.2 Å². The van der Waals surface area contributed by atoms with Gasteiger partial charge in [-0.05, 0) is 38.6 Å². The minimum atomic E-state index is -0.0585. The molecule has 0 radical (unpaired) electrons. The fourth-order valence-electron chi connectivity index (χ4n) is 2.04. The number of pyridine rings is 1. The van der Waals surface area contributed by atoms with E-state index in [2.05, 4.69) is 15.3 Å². The summed E-state index contributed by atoms with van der Waals surface area (Å²) in [7, 11) is 1.93. The van der Waals surface area contributed by atoms with Crippen LogP contribution in [0.4, 0.5) is 0 Å². The van der Waals surface area contributed by atoms with Crippen LogP contribution < -0.4 is 5.32 Å². The summed E-state index contributed by atoms with van der Waals surface area (Å²) in [6.45, 7) is 5.00. The number of likely N-dealkylation sites (N-methyl/N-ethyl adjacent to an activating group) is 1. The lowest BCUT2D eigenvalue weighted by atomic mass is 10.2. The molecule has 2 aromatic rings. The van der Waals surface area contributed by atoms with Crippen molar-refractivity contribution in [3.8, 4) is 0 Å². The van der Waals surface area contributed by atoms with Gasteiger partial charge in [0, 0.05) is 24.3 Å². The van der Waals surface area contributed by atoms with Crippen LogP contribution in [0.5, 0.6) is 0 Å². The largest absolute Gasteiger partial charge is 0.347 e. The van der Waals surface area contributed by atoms with Gasteiger partial charge < -0.3 is 5.32 Å². The van der Waals surface area contributed by atoms with Crippen LogP contribution in [0, 0.1) is 6.92 Å². The third-order valence-electron chi connectivity index (χ3n) is 3.07. The molecule has 0 aliphatic heterocycles. The smallest absolute Gasteiger partial charge is 0.234 e. The molecule has 0 saturated carbocycles.